The molecule has 0 unspecified atom stereocenters. The molecule has 2 atom stereocenters. The Labute approximate surface area is 183 Å². The molecule has 0 saturated carbocycles. The maximum absolute atomic E-state index is 13.5. The van der Waals surface area contributed by atoms with E-state index in [1.54, 1.807) is 31.2 Å². The highest BCUT2D eigenvalue weighted by molar-refractivity contribution is 8.00. The van der Waals surface area contributed by atoms with Gasteiger partial charge in [0.05, 0.1) is 19.3 Å². The molecule has 1 aliphatic rings. The molecule has 2 heterocycles. The number of hydrogen-bond acceptors (Lipinski definition) is 8. The topological polar surface area (TPSA) is 95.3 Å². The molecule has 1 aliphatic heterocycles. The minimum Gasteiger partial charge on any atom is -0.494 e. The van der Waals surface area contributed by atoms with Gasteiger partial charge in [0.25, 0.3) is 0 Å². The third kappa shape index (κ3) is 4.27. The number of benzene rings is 2. The zero-order chi connectivity index (χ0) is 21.8. The molecule has 0 amide bonds. The fourth-order valence-corrected chi connectivity index (χ4v) is 4.60. The first kappa shape index (κ1) is 20.9. The summed E-state index contributed by atoms with van der Waals surface area (Å²) in [4.78, 5) is 27.3. The van der Waals surface area contributed by atoms with E-state index >= 15 is 0 Å². The van der Waals surface area contributed by atoms with Crippen molar-refractivity contribution in [2.45, 2.75) is 30.2 Å². The van der Waals surface area contributed by atoms with Crippen LogP contribution in [0.5, 0.6) is 5.75 Å². The Balaban J connectivity index is 1.70. The molecule has 3 aromatic rings. The normalized spacial score (nSPS) is 17.4. The molecule has 0 aliphatic carbocycles. The quantitative estimate of drug-likeness (QED) is 0.442. The Morgan fingerprint density at radius 1 is 1.06 bits per heavy atom. The van der Waals surface area contributed by atoms with Crippen LogP contribution in [0, 0.1) is 0 Å². The number of nitrogens with one attached hydrogen (secondary N) is 1. The van der Waals surface area contributed by atoms with Crippen LogP contribution in [0.4, 0.5) is 0 Å². The average Bonchev–Trinajstić information content (AvgIpc) is 3.22. The Morgan fingerprint density at radius 2 is 1.81 bits per heavy atom. The molecule has 4 rings (SSSR count). The Morgan fingerprint density at radius 3 is 2.48 bits per heavy atom. The lowest BCUT2D eigenvalue weighted by Gasteiger charge is -2.32. The number of fused-ring (bicyclic) bond motifs is 1. The van der Waals surface area contributed by atoms with Gasteiger partial charge in [-0.3, -0.25) is 10.2 Å². The van der Waals surface area contributed by atoms with Gasteiger partial charge in [-0.1, -0.05) is 42.1 Å². The summed E-state index contributed by atoms with van der Waals surface area (Å²) < 4.78 is 10.6. The highest BCUT2D eigenvalue weighted by Crippen LogP contribution is 2.40. The minimum absolute atomic E-state index is 0.0725. The summed E-state index contributed by atoms with van der Waals surface area (Å²) in [6.07, 6.45) is 0. The molecule has 8 nitrogen and oxygen atoms in total. The maximum atomic E-state index is 13.5. The fourth-order valence-electron chi connectivity index (χ4n) is 3.34. The van der Waals surface area contributed by atoms with Gasteiger partial charge in [-0.25, -0.2) is 4.79 Å². The Hall–Kier alpha value is -3.33. The second kappa shape index (κ2) is 9.22. The standard InChI is InChI=1S/C22H22N4O4S/c1-3-29-16-12-10-15(11-13-16)19(27)20-17(14-8-6-5-7-9-14)24-26-21(31-20)18(23-25-26)22(28)30-4-2/h5-13,17,20,24H,3-4H2,1-2H3/t17-,20-/m0/s1. The molecular weight excluding hydrogens is 416 g/mol. The molecule has 2 aromatic carbocycles. The lowest BCUT2D eigenvalue weighted by atomic mass is 9.97. The minimum atomic E-state index is -0.566. The van der Waals surface area contributed by atoms with E-state index in [2.05, 4.69) is 15.7 Å². The molecule has 0 bridgehead atoms. The van der Waals surface area contributed by atoms with Gasteiger partial charge in [0, 0.05) is 5.56 Å². The summed E-state index contributed by atoms with van der Waals surface area (Å²) in [5, 5.41) is 7.92. The van der Waals surface area contributed by atoms with E-state index in [0.717, 1.165) is 5.56 Å². The van der Waals surface area contributed by atoms with Crippen LogP contribution in [0.3, 0.4) is 0 Å². The maximum Gasteiger partial charge on any atom is 0.361 e. The molecule has 0 radical (unpaired) electrons. The highest BCUT2D eigenvalue weighted by atomic mass is 32.2. The second-order valence-corrected chi connectivity index (χ2v) is 7.88. The number of esters is 1. The average molecular weight is 439 g/mol. The molecule has 31 heavy (non-hydrogen) atoms. The molecule has 9 heteroatoms. The number of hydrogen-bond donors (Lipinski definition) is 1. The summed E-state index contributed by atoms with van der Waals surface area (Å²) >= 11 is 1.26. The van der Waals surface area contributed by atoms with Crippen molar-refractivity contribution in [1.29, 1.82) is 0 Å². The van der Waals surface area contributed by atoms with Crippen molar-refractivity contribution in [2.24, 2.45) is 0 Å². The van der Waals surface area contributed by atoms with E-state index in [4.69, 9.17) is 9.47 Å². The number of nitrogens with zero attached hydrogens (tertiary/aromatic N) is 3. The number of Topliss-reactive ketones (excluding diaryl/α,β-unsaturated/α-hetero) is 1. The smallest absolute Gasteiger partial charge is 0.361 e. The van der Waals surface area contributed by atoms with E-state index in [0.29, 0.717) is 22.9 Å². The molecule has 0 fully saturated rings. The van der Waals surface area contributed by atoms with Gasteiger partial charge in [0.15, 0.2) is 10.8 Å². The third-order valence-corrected chi connectivity index (χ3v) is 6.10. The van der Waals surface area contributed by atoms with Gasteiger partial charge in [-0.15, -0.1) is 5.10 Å². The van der Waals surface area contributed by atoms with Crippen LogP contribution in [-0.4, -0.2) is 45.3 Å². The summed E-state index contributed by atoms with van der Waals surface area (Å²) in [6.45, 7) is 4.42. The van der Waals surface area contributed by atoms with E-state index in [9.17, 15) is 9.59 Å². The van der Waals surface area contributed by atoms with Crippen molar-refractivity contribution in [2.75, 3.05) is 18.6 Å². The van der Waals surface area contributed by atoms with Crippen LogP contribution in [0.15, 0.2) is 59.6 Å². The van der Waals surface area contributed by atoms with E-state index in [1.807, 2.05) is 37.3 Å². The van der Waals surface area contributed by atoms with Gasteiger partial charge in [-0.05, 0) is 48.9 Å². The number of aromatic nitrogens is 3. The van der Waals surface area contributed by atoms with Crippen molar-refractivity contribution in [1.82, 2.24) is 15.1 Å². The Kier molecular flexibility index (Phi) is 6.22. The first-order valence-corrected chi connectivity index (χ1v) is 10.9. The largest absolute Gasteiger partial charge is 0.494 e. The number of thioether (sulfide) groups is 1. The second-order valence-electron chi connectivity index (χ2n) is 6.75. The SMILES string of the molecule is CCOC(=O)c1nnn2c1S[C@H](C(=O)c1ccc(OCC)cc1)[C@H](c1ccccc1)N2. The number of carbonyl (C=O) groups is 2. The number of carbonyl (C=O) groups excluding carboxylic acids is 2. The zero-order valence-corrected chi connectivity index (χ0v) is 18.0. The van der Waals surface area contributed by atoms with Gasteiger partial charge >= 0.3 is 5.97 Å². The van der Waals surface area contributed by atoms with Crippen molar-refractivity contribution in [3.05, 3.63) is 71.4 Å². The van der Waals surface area contributed by atoms with Crippen LogP contribution in [0.1, 0.15) is 46.3 Å². The van der Waals surface area contributed by atoms with Gasteiger partial charge in [0.2, 0.25) is 5.69 Å². The molecule has 0 spiro atoms. The van der Waals surface area contributed by atoms with Crippen LogP contribution < -0.4 is 10.2 Å². The summed E-state index contributed by atoms with van der Waals surface area (Å²) in [7, 11) is 0. The molecule has 0 saturated heterocycles. The van der Waals surface area contributed by atoms with Crippen molar-refractivity contribution in [3.63, 3.8) is 0 Å². The number of ether oxygens (including phenoxy) is 2. The monoisotopic (exact) mass is 438 g/mol. The van der Waals surface area contributed by atoms with E-state index < -0.39 is 11.2 Å². The van der Waals surface area contributed by atoms with Gasteiger partial charge in [0.1, 0.15) is 11.0 Å². The van der Waals surface area contributed by atoms with Crippen LogP contribution in [0.2, 0.25) is 0 Å². The predicted molar refractivity (Wildman–Crippen MR) is 116 cm³/mol. The van der Waals surface area contributed by atoms with Crippen molar-refractivity contribution >= 4 is 23.5 Å². The van der Waals surface area contributed by atoms with Crippen molar-refractivity contribution in [3.8, 4) is 5.75 Å². The lowest BCUT2D eigenvalue weighted by Crippen LogP contribution is -2.39. The molecule has 160 valence electrons. The number of rotatable bonds is 7. The molecule has 1 N–H and O–H groups in total. The highest BCUT2D eigenvalue weighted by Gasteiger charge is 2.39. The van der Waals surface area contributed by atoms with E-state index in [1.165, 1.54) is 16.6 Å². The van der Waals surface area contributed by atoms with Crippen LogP contribution in [-0.2, 0) is 4.74 Å². The number of ketones is 1. The summed E-state index contributed by atoms with van der Waals surface area (Å²) in [6, 6.07) is 16.4. The first-order valence-electron chi connectivity index (χ1n) is 10.0. The van der Waals surface area contributed by atoms with Crippen LogP contribution in [0.25, 0.3) is 0 Å². The predicted octanol–water partition coefficient (Wildman–Crippen LogP) is 3.50. The first-order chi connectivity index (χ1) is 15.1. The van der Waals surface area contributed by atoms with E-state index in [-0.39, 0.29) is 24.1 Å². The molecule has 1 aromatic heterocycles. The fraction of sp³-hybridized carbons (Fsp3) is 0.273. The molecular formula is C22H22N4O4S. The zero-order valence-electron chi connectivity index (χ0n) is 17.1. The van der Waals surface area contributed by atoms with Crippen molar-refractivity contribution < 1.29 is 19.1 Å². The van der Waals surface area contributed by atoms with Gasteiger partial charge in [-0.2, -0.15) is 4.79 Å². The van der Waals surface area contributed by atoms with Gasteiger partial charge < -0.3 is 9.47 Å². The summed E-state index contributed by atoms with van der Waals surface area (Å²) in [5.74, 6) is 0.0695. The Bertz CT molecular complexity index is 1070. The third-order valence-electron chi connectivity index (χ3n) is 4.77. The lowest BCUT2D eigenvalue weighted by molar-refractivity contribution is 0.0514. The van der Waals surface area contributed by atoms with Crippen LogP contribution >= 0.6 is 11.8 Å². The summed E-state index contributed by atoms with van der Waals surface area (Å²) in [5.41, 5.74) is 4.81.